The van der Waals surface area contributed by atoms with Gasteiger partial charge in [-0.15, -0.1) is 0 Å². The fourth-order valence-electron chi connectivity index (χ4n) is 8.15. The Morgan fingerprint density at radius 1 is 0.426 bits per heavy atom. The second kappa shape index (κ2) is 13.6. The van der Waals surface area contributed by atoms with E-state index in [2.05, 4.69) is 217 Å². The van der Waals surface area contributed by atoms with Crippen LogP contribution in [0.3, 0.4) is 0 Å². The highest BCUT2D eigenvalue weighted by Crippen LogP contribution is 2.49. The molecular formula is C52H37NO. The summed E-state index contributed by atoms with van der Waals surface area (Å²) in [5.74, 6) is 1.14. The van der Waals surface area contributed by atoms with Crippen molar-refractivity contribution in [3.63, 3.8) is 0 Å². The number of para-hydroxylation sites is 2. The zero-order valence-electron chi connectivity index (χ0n) is 29.7. The first-order valence-electron chi connectivity index (χ1n) is 18.7. The van der Waals surface area contributed by atoms with E-state index in [1.54, 1.807) is 0 Å². The first-order chi connectivity index (χ1) is 26.8. The van der Waals surface area contributed by atoms with Crippen LogP contribution in [0.2, 0.25) is 0 Å². The van der Waals surface area contributed by atoms with E-state index in [9.17, 15) is 0 Å². The van der Waals surface area contributed by atoms with Gasteiger partial charge in [-0.2, -0.15) is 0 Å². The van der Waals surface area contributed by atoms with Gasteiger partial charge >= 0.3 is 0 Å². The molecule has 0 amide bonds. The molecule has 8 aromatic rings. The van der Waals surface area contributed by atoms with Crippen molar-refractivity contribution in [2.75, 3.05) is 4.90 Å². The minimum absolute atomic E-state index is 0.0223. The zero-order chi connectivity index (χ0) is 35.8. The lowest BCUT2D eigenvalue weighted by Gasteiger charge is -2.31. The standard InChI is InChI=1S/C52H37NO/c1-3-13-36(14-4-1)37-23-25-38(26-24-37)39-27-31-43(32-28-39)53(49-21-11-9-18-44(49)40-15-5-2-6-16-40)50-22-12-10-19-45(50)42-30-34-51-48(35-42)47-33-29-41-17-7-8-20-46(41)52(47)54-51/h1-35,48,51H. The molecule has 1 heterocycles. The van der Waals surface area contributed by atoms with Crippen LogP contribution in [-0.4, -0.2) is 6.10 Å². The highest BCUT2D eigenvalue weighted by atomic mass is 16.5. The van der Waals surface area contributed by atoms with Crippen molar-refractivity contribution in [3.8, 4) is 39.1 Å². The maximum Gasteiger partial charge on any atom is 0.132 e. The van der Waals surface area contributed by atoms with Gasteiger partial charge in [0.2, 0.25) is 0 Å². The largest absolute Gasteiger partial charge is 0.484 e. The summed E-state index contributed by atoms with van der Waals surface area (Å²) in [5.41, 5.74) is 14.1. The predicted molar refractivity (Wildman–Crippen MR) is 226 cm³/mol. The summed E-state index contributed by atoms with van der Waals surface area (Å²) < 4.78 is 6.62. The molecule has 2 nitrogen and oxygen atoms in total. The maximum absolute atomic E-state index is 6.62. The zero-order valence-corrected chi connectivity index (χ0v) is 29.7. The van der Waals surface area contributed by atoms with Crippen LogP contribution >= 0.6 is 0 Å². The number of rotatable bonds is 7. The molecule has 0 saturated carbocycles. The molecule has 1 aliphatic carbocycles. The summed E-state index contributed by atoms with van der Waals surface area (Å²) in [6.07, 6.45) is 6.88. The molecule has 0 aromatic heterocycles. The molecular weight excluding hydrogens is 655 g/mol. The Morgan fingerprint density at radius 2 is 0.963 bits per heavy atom. The van der Waals surface area contributed by atoms with Crippen LogP contribution in [0.4, 0.5) is 17.1 Å². The Labute approximate surface area is 316 Å². The summed E-state index contributed by atoms with van der Waals surface area (Å²) in [6.45, 7) is 0. The van der Waals surface area contributed by atoms with E-state index < -0.39 is 0 Å². The van der Waals surface area contributed by atoms with Gasteiger partial charge in [-0.1, -0.05) is 182 Å². The quantitative estimate of drug-likeness (QED) is 0.165. The van der Waals surface area contributed by atoms with Crippen molar-refractivity contribution >= 4 is 33.4 Å². The molecule has 0 bridgehead atoms. The van der Waals surface area contributed by atoms with Gasteiger partial charge in [0.1, 0.15) is 11.9 Å². The minimum Gasteiger partial charge on any atom is -0.484 e. The van der Waals surface area contributed by atoms with Gasteiger partial charge in [0.15, 0.2) is 0 Å². The molecule has 0 N–H and O–H groups in total. The smallest absolute Gasteiger partial charge is 0.132 e. The average Bonchev–Trinajstić information content (AvgIpc) is 3.64. The Balaban J connectivity index is 1.08. The van der Waals surface area contributed by atoms with E-state index >= 15 is 0 Å². The number of benzene rings is 8. The molecule has 0 radical (unpaired) electrons. The van der Waals surface area contributed by atoms with Crippen LogP contribution in [0.5, 0.6) is 5.75 Å². The Hall–Kier alpha value is -6.90. The minimum atomic E-state index is -0.0223. The maximum atomic E-state index is 6.62. The third-order valence-corrected chi connectivity index (χ3v) is 10.8. The van der Waals surface area contributed by atoms with Crippen LogP contribution in [0, 0.1) is 0 Å². The molecule has 8 aromatic carbocycles. The van der Waals surface area contributed by atoms with Gasteiger partial charge < -0.3 is 9.64 Å². The summed E-state index contributed by atoms with van der Waals surface area (Å²) in [5, 5.41) is 2.38. The van der Waals surface area contributed by atoms with E-state index in [4.69, 9.17) is 4.74 Å². The Morgan fingerprint density at radius 3 is 1.67 bits per heavy atom. The van der Waals surface area contributed by atoms with Gasteiger partial charge in [0, 0.05) is 33.7 Å². The molecule has 2 unspecified atom stereocenters. The molecule has 54 heavy (non-hydrogen) atoms. The third-order valence-electron chi connectivity index (χ3n) is 10.8. The number of ether oxygens (including phenoxy) is 1. The number of hydrogen-bond donors (Lipinski definition) is 0. The molecule has 1 aliphatic heterocycles. The first kappa shape index (κ1) is 31.8. The lowest BCUT2D eigenvalue weighted by molar-refractivity contribution is 0.272. The number of hydrogen-bond acceptors (Lipinski definition) is 2. The van der Waals surface area contributed by atoms with Crippen LogP contribution in [0.25, 0.3) is 49.7 Å². The van der Waals surface area contributed by atoms with Crippen molar-refractivity contribution < 1.29 is 4.74 Å². The number of allylic oxidation sites excluding steroid dienone is 2. The number of fused-ring (bicyclic) bond motifs is 5. The van der Waals surface area contributed by atoms with Gasteiger partial charge in [0.25, 0.3) is 0 Å². The van der Waals surface area contributed by atoms with Crippen LogP contribution in [-0.2, 0) is 0 Å². The van der Waals surface area contributed by atoms with Gasteiger partial charge in [-0.25, -0.2) is 0 Å². The highest BCUT2D eigenvalue weighted by Gasteiger charge is 2.35. The van der Waals surface area contributed by atoms with E-state index in [0.29, 0.717) is 0 Å². The van der Waals surface area contributed by atoms with Crippen molar-refractivity contribution in [3.05, 3.63) is 223 Å². The molecule has 256 valence electrons. The van der Waals surface area contributed by atoms with Crippen molar-refractivity contribution in [2.24, 2.45) is 0 Å². The van der Waals surface area contributed by atoms with Crippen LogP contribution < -0.4 is 9.64 Å². The second-order valence-electron chi connectivity index (χ2n) is 14.0. The van der Waals surface area contributed by atoms with Crippen molar-refractivity contribution in [1.29, 1.82) is 0 Å². The molecule has 0 spiro atoms. The van der Waals surface area contributed by atoms with Gasteiger partial charge in [-0.05, 0) is 69.1 Å². The third kappa shape index (κ3) is 5.70. The Kier molecular flexibility index (Phi) is 8.00. The van der Waals surface area contributed by atoms with Gasteiger partial charge in [0.05, 0.1) is 11.4 Å². The molecule has 2 aliphatic rings. The molecule has 0 saturated heterocycles. The molecule has 2 atom stereocenters. The van der Waals surface area contributed by atoms with Gasteiger partial charge in [-0.3, -0.25) is 0 Å². The summed E-state index contributed by atoms with van der Waals surface area (Å²) in [4.78, 5) is 2.42. The summed E-state index contributed by atoms with van der Waals surface area (Å²) in [6, 6.07) is 69.6. The van der Waals surface area contributed by atoms with Crippen LogP contribution in [0.1, 0.15) is 17.0 Å². The Bertz CT molecular complexity index is 2670. The average molecular weight is 692 g/mol. The molecule has 2 heteroatoms. The summed E-state index contributed by atoms with van der Waals surface area (Å²) >= 11 is 0. The topological polar surface area (TPSA) is 12.5 Å². The van der Waals surface area contributed by atoms with E-state index in [1.165, 1.54) is 60.9 Å². The van der Waals surface area contributed by atoms with E-state index in [-0.39, 0.29) is 12.0 Å². The van der Waals surface area contributed by atoms with Crippen LogP contribution in [0.15, 0.2) is 212 Å². The monoisotopic (exact) mass is 691 g/mol. The first-order valence-corrected chi connectivity index (χ1v) is 18.7. The van der Waals surface area contributed by atoms with Crippen molar-refractivity contribution in [2.45, 2.75) is 12.0 Å². The van der Waals surface area contributed by atoms with E-state index in [0.717, 1.165) is 22.8 Å². The second-order valence-corrected chi connectivity index (χ2v) is 14.0. The highest BCUT2D eigenvalue weighted by molar-refractivity contribution is 5.95. The molecule has 10 rings (SSSR count). The lowest BCUT2D eigenvalue weighted by Crippen LogP contribution is -2.18. The number of nitrogens with zero attached hydrogens (tertiary/aromatic N) is 1. The summed E-state index contributed by atoms with van der Waals surface area (Å²) in [7, 11) is 0. The molecule has 0 fully saturated rings. The SMILES string of the molecule is C1=CC2Oc3c(ccc4ccccc34)C2C=C1c1ccccc1N(c1ccc(-c2ccc(-c3ccccc3)cc2)cc1)c1ccccc1-c1ccccc1. The fourth-order valence-corrected chi connectivity index (χ4v) is 8.15. The van der Waals surface area contributed by atoms with Crippen molar-refractivity contribution in [1.82, 2.24) is 0 Å². The fraction of sp³-hybridized carbons (Fsp3) is 0.0385. The van der Waals surface area contributed by atoms with E-state index in [1.807, 2.05) is 0 Å². The predicted octanol–water partition coefficient (Wildman–Crippen LogP) is 13.8. The normalized spacial score (nSPS) is 15.6. The lowest BCUT2D eigenvalue weighted by atomic mass is 9.85. The number of anilines is 3.